The third kappa shape index (κ3) is 6.15. The van der Waals surface area contributed by atoms with Crippen molar-refractivity contribution in [1.29, 1.82) is 0 Å². The van der Waals surface area contributed by atoms with Crippen LogP contribution in [0.25, 0.3) is 0 Å². The molecule has 2 aromatic rings. The predicted molar refractivity (Wildman–Crippen MR) is 191 cm³/mol. The average molecular weight is 946 g/mol. The minimum atomic E-state index is -1.37. The fraction of sp³-hybridized carbons (Fsp3) is 0.167. The standard InChI is InChI=1S/C24H8Br2Cl12S2/c25-9-1-7(3-11(27)5-9)23(19(35)15(31)13(29)16(32)20(23)36)39-40-24(8-2-10(26)6-12(28)4-8)21(37)17(33)14(30)18(34)22(24)38/h1-6,19,21H. The van der Waals surface area contributed by atoms with E-state index in [0.29, 0.717) is 30.1 Å². The van der Waals surface area contributed by atoms with Gasteiger partial charge >= 0.3 is 0 Å². The Kier molecular flexibility index (Phi) is 12.1. The Labute approximate surface area is 315 Å². The van der Waals surface area contributed by atoms with Gasteiger partial charge in [-0.1, -0.05) is 169 Å². The van der Waals surface area contributed by atoms with Crippen molar-refractivity contribution in [3.63, 3.8) is 0 Å². The molecule has 0 bridgehead atoms. The summed E-state index contributed by atoms with van der Waals surface area (Å²) >= 11 is 87.4. The van der Waals surface area contributed by atoms with E-state index in [4.69, 9.17) is 139 Å². The molecule has 0 saturated carbocycles. The zero-order valence-corrected chi connectivity index (χ0v) is 32.6. The molecular formula is C24H8Br2Cl12S2. The Hall–Kier alpha value is 2.54. The Morgan fingerprint density at radius 1 is 0.500 bits per heavy atom. The van der Waals surface area contributed by atoms with E-state index in [2.05, 4.69) is 31.9 Å². The van der Waals surface area contributed by atoms with Gasteiger partial charge in [-0.05, 0) is 47.5 Å². The third-order valence-electron chi connectivity index (χ3n) is 5.89. The minimum absolute atomic E-state index is 0.0145. The summed E-state index contributed by atoms with van der Waals surface area (Å²) in [5.41, 5.74) is 1.12. The molecule has 2 aliphatic rings. The van der Waals surface area contributed by atoms with Crippen LogP contribution in [-0.2, 0) is 9.49 Å². The van der Waals surface area contributed by atoms with Crippen LogP contribution >= 0.6 is 193 Å². The van der Waals surface area contributed by atoms with E-state index in [1.807, 2.05) is 0 Å². The molecule has 4 rings (SSSR count). The maximum Gasteiger partial charge on any atom is 0.110 e. The second kappa shape index (κ2) is 13.7. The topological polar surface area (TPSA) is 0 Å². The molecule has 0 aromatic heterocycles. The molecule has 16 heteroatoms. The molecule has 0 aliphatic heterocycles. The summed E-state index contributed by atoms with van der Waals surface area (Å²) in [6.45, 7) is 0. The summed E-state index contributed by atoms with van der Waals surface area (Å²) in [4.78, 5) is 0. The number of alkyl halides is 2. The van der Waals surface area contributed by atoms with Crippen molar-refractivity contribution in [2.45, 2.75) is 20.2 Å². The summed E-state index contributed by atoms with van der Waals surface area (Å²) in [7, 11) is 2.35. The van der Waals surface area contributed by atoms with Gasteiger partial charge in [0.15, 0.2) is 0 Å². The lowest BCUT2D eigenvalue weighted by atomic mass is 9.90. The molecule has 0 saturated heterocycles. The van der Waals surface area contributed by atoms with Crippen LogP contribution in [0.3, 0.4) is 0 Å². The summed E-state index contributed by atoms with van der Waals surface area (Å²) in [5.74, 6) is 0. The van der Waals surface area contributed by atoms with Gasteiger partial charge in [0.25, 0.3) is 0 Å². The molecule has 40 heavy (non-hydrogen) atoms. The fourth-order valence-electron chi connectivity index (χ4n) is 4.00. The zero-order valence-electron chi connectivity index (χ0n) is 18.7. The summed E-state index contributed by atoms with van der Waals surface area (Å²) < 4.78 is -1.43. The van der Waals surface area contributed by atoms with Gasteiger partial charge in [-0.3, -0.25) is 0 Å². The second-order valence-electron chi connectivity index (χ2n) is 8.26. The highest BCUT2D eigenvalue weighted by Gasteiger charge is 2.56. The molecule has 0 spiro atoms. The second-order valence-corrected chi connectivity index (χ2v) is 17.5. The molecule has 4 atom stereocenters. The van der Waals surface area contributed by atoms with Crippen molar-refractivity contribution in [3.05, 3.63) is 107 Å². The van der Waals surface area contributed by atoms with Crippen LogP contribution in [0.5, 0.6) is 0 Å². The summed E-state index contributed by atoms with van der Waals surface area (Å²) in [6.07, 6.45) is 0. The maximum absolute atomic E-state index is 7.06. The lowest BCUT2D eigenvalue weighted by Gasteiger charge is -2.45. The van der Waals surface area contributed by atoms with Gasteiger partial charge in [-0.15, -0.1) is 23.2 Å². The molecule has 0 nitrogen and oxygen atoms in total. The first-order valence-electron chi connectivity index (χ1n) is 10.4. The molecule has 0 amide bonds. The van der Waals surface area contributed by atoms with E-state index in [-0.39, 0.29) is 40.3 Å². The van der Waals surface area contributed by atoms with E-state index in [0.717, 1.165) is 0 Å². The van der Waals surface area contributed by atoms with Crippen LogP contribution in [0.1, 0.15) is 11.1 Å². The highest BCUT2D eigenvalue weighted by Crippen LogP contribution is 2.69. The van der Waals surface area contributed by atoms with Crippen LogP contribution in [0, 0.1) is 0 Å². The van der Waals surface area contributed by atoms with E-state index in [1.54, 1.807) is 36.4 Å². The highest BCUT2D eigenvalue weighted by atomic mass is 79.9. The van der Waals surface area contributed by atoms with Gasteiger partial charge in [-0.2, -0.15) is 0 Å². The first-order chi connectivity index (χ1) is 18.6. The molecule has 4 unspecified atom stereocenters. The molecule has 2 aliphatic carbocycles. The molecule has 2 aromatic carbocycles. The highest BCUT2D eigenvalue weighted by molar-refractivity contribution is 9.10. The SMILES string of the molecule is ClC1=C(Cl)C(Cl)C(SSC2(c3cc(Cl)cc(Br)c3)C(Cl)=C(Cl)C(Cl)=C(Cl)C2Cl)(c2cc(Cl)cc(Br)c2)C(Cl)=C1Cl. The monoisotopic (exact) mass is 937 g/mol. The number of allylic oxidation sites excluding steroid dienone is 6. The minimum Gasteiger partial charge on any atom is -0.114 e. The van der Waals surface area contributed by atoms with E-state index >= 15 is 0 Å². The maximum atomic E-state index is 7.06. The smallest absolute Gasteiger partial charge is 0.110 e. The number of hydrogen-bond donors (Lipinski definition) is 0. The first kappa shape index (κ1) is 35.4. The van der Waals surface area contributed by atoms with Gasteiger partial charge < -0.3 is 0 Å². The van der Waals surface area contributed by atoms with Crippen molar-refractivity contribution in [3.8, 4) is 0 Å². The first-order valence-corrected chi connectivity index (χ1v) is 18.8. The summed E-state index contributed by atoms with van der Waals surface area (Å²) in [6, 6.07) is 10.4. The third-order valence-corrected chi connectivity index (χ3v) is 16.7. The average Bonchev–Trinajstić information content (AvgIpc) is 2.89. The molecule has 0 N–H and O–H groups in total. The van der Waals surface area contributed by atoms with Crippen LogP contribution in [0.4, 0.5) is 0 Å². The molecule has 0 heterocycles. The Bertz CT molecular complexity index is 1380. The van der Waals surface area contributed by atoms with Crippen LogP contribution in [0.15, 0.2) is 85.6 Å². The number of rotatable bonds is 5. The van der Waals surface area contributed by atoms with E-state index in [1.165, 1.54) is 21.6 Å². The van der Waals surface area contributed by atoms with Crippen LogP contribution < -0.4 is 0 Å². The Morgan fingerprint density at radius 3 is 1.12 bits per heavy atom. The Balaban J connectivity index is 2.02. The fourth-order valence-corrected chi connectivity index (χ4v) is 14.1. The molecule has 0 radical (unpaired) electrons. The summed E-state index contributed by atoms with van der Waals surface area (Å²) in [5, 5.41) is -0.808. The van der Waals surface area contributed by atoms with Gasteiger partial charge in [0, 0.05) is 19.0 Å². The number of halogens is 14. The van der Waals surface area contributed by atoms with E-state index in [9.17, 15) is 0 Å². The van der Waals surface area contributed by atoms with Crippen molar-refractivity contribution < 1.29 is 0 Å². The van der Waals surface area contributed by atoms with E-state index < -0.39 is 20.2 Å². The number of hydrogen-bond acceptors (Lipinski definition) is 2. The van der Waals surface area contributed by atoms with Gasteiger partial charge in [-0.25, -0.2) is 0 Å². The van der Waals surface area contributed by atoms with Gasteiger partial charge in [0.1, 0.15) is 9.49 Å². The molecule has 0 fully saturated rings. The lowest BCUT2D eigenvalue weighted by Crippen LogP contribution is -2.40. The number of benzene rings is 2. The van der Waals surface area contributed by atoms with Gasteiger partial charge in [0.05, 0.1) is 51.0 Å². The zero-order chi connectivity index (χ0) is 29.9. The predicted octanol–water partition coefficient (Wildman–Crippen LogP) is 15.0. The quantitative estimate of drug-likeness (QED) is 0.216. The van der Waals surface area contributed by atoms with Crippen molar-refractivity contribution in [1.82, 2.24) is 0 Å². The van der Waals surface area contributed by atoms with Crippen molar-refractivity contribution in [2.75, 3.05) is 0 Å². The van der Waals surface area contributed by atoms with Crippen molar-refractivity contribution >= 4 is 193 Å². The molecule has 214 valence electrons. The molecular weight excluding hydrogens is 938 g/mol. The van der Waals surface area contributed by atoms with Gasteiger partial charge in [0.2, 0.25) is 0 Å². The van der Waals surface area contributed by atoms with Crippen LogP contribution in [0.2, 0.25) is 10.0 Å². The lowest BCUT2D eigenvalue weighted by molar-refractivity contribution is 0.753. The Morgan fingerprint density at radius 2 is 0.825 bits per heavy atom. The van der Waals surface area contributed by atoms with Crippen LogP contribution in [-0.4, -0.2) is 10.8 Å². The van der Waals surface area contributed by atoms with Crippen molar-refractivity contribution in [2.24, 2.45) is 0 Å². The normalized spacial score (nSPS) is 27.8. The largest absolute Gasteiger partial charge is 0.114 e.